The Morgan fingerprint density at radius 3 is 2.42 bits per heavy atom. The molecule has 140 valence electrons. The summed E-state index contributed by atoms with van der Waals surface area (Å²) in [4.78, 5) is 14.4. The second kappa shape index (κ2) is 7.82. The van der Waals surface area contributed by atoms with E-state index in [2.05, 4.69) is 20.9 Å². The van der Waals surface area contributed by atoms with Crippen LogP contribution >= 0.6 is 12.2 Å². The maximum absolute atomic E-state index is 12.1. The van der Waals surface area contributed by atoms with Crippen molar-refractivity contribution in [3.63, 3.8) is 0 Å². The van der Waals surface area contributed by atoms with Gasteiger partial charge in [0, 0.05) is 30.9 Å². The van der Waals surface area contributed by atoms with Crippen LogP contribution in [0, 0.1) is 11.8 Å². The molecule has 5 nitrogen and oxygen atoms in total. The van der Waals surface area contributed by atoms with E-state index in [0.29, 0.717) is 6.04 Å². The number of thiocarbonyl (C=S) groups is 1. The first-order valence-electron chi connectivity index (χ1n) is 9.85. The number of carbonyl (C=O) groups is 1. The highest BCUT2D eigenvalue weighted by Gasteiger charge is 2.40. The molecule has 3 N–H and O–H groups in total. The number of nitrogens with zero attached hydrogens (tertiary/aromatic N) is 1. The first-order valence-corrected chi connectivity index (χ1v) is 10.3. The van der Waals surface area contributed by atoms with Crippen molar-refractivity contribution in [1.29, 1.82) is 0 Å². The Labute approximate surface area is 160 Å². The Bertz CT molecular complexity index is 644. The van der Waals surface area contributed by atoms with Crippen LogP contribution in [0.2, 0.25) is 0 Å². The molecule has 0 unspecified atom stereocenters. The summed E-state index contributed by atoms with van der Waals surface area (Å²) in [5.41, 5.74) is 0.818. The molecular weight excluding hydrogens is 344 g/mol. The summed E-state index contributed by atoms with van der Waals surface area (Å²) in [6.07, 6.45) is 7.33. The lowest BCUT2D eigenvalue weighted by Crippen LogP contribution is -2.52. The van der Waals surface area contributed by atoms with Gasteiger partial charge in [0.2, 0.25) is 0 Å². The van der Waals surface area contributed by atoms with Crippen LogP contribution in [0.5, 0.6) is 0 Å². The van der Waals surface area contributed by atoms with E-state index in [1.54, 1.807) is 0 Å². The van der Waals surface area contributed by atoms with Gasteiger partial charge in [0.1, 0.15) is 0 Å². The first kappa shape index (κ1) is 17.6. The van der Waals surface area contributed by atoms with Gasteiger partial charge >= 0.3 is 6.03 Å². The first-order chi connectivity index (χ1) is 12.7. The molecule has 1 heterocycles. The van der Waals surface area contributed by atoms with Crippen LogP contribution in [0.1, 0.15) is 38.5 Å². The molecule has 2 aliphatic carbocycles. The zero-order valence-electron chi connectivity index (χ0n) is 15.1. The number of nitrogens with one attached hydrogen (secondary N) is 3. The Hall–Kier alpha value is -1.82. The highest BCUT2D eigenvalue weighted by molar-refractivity contribution is 7.80. The minimum Gasteiger partial charge on any atom is -0.360 e. The van der Waals surface area contributed by atoms with Gasteiger partial charge < -0.3 is 20.9 Å². The van der Waals surface area contributed by atoms with Gasteiger partial charge in [-0.05, 0) is 68.3 Å². The third-order valence-electron chi connectivity index (χ3n) is 6.20. The second-order valence-corrected chi connectivity index (χ2v) is 8.34. The van der Waals surface area contributed by atoms with Crippen molar-refractivity contribution in [3.05, 3.63) is 30.3 Å². The fourth-order valence-electron chi connectivity index (χ4n) is 4.77. The molecule has 0 radical (unpaired) electrons. The third kappa shape index (κ3) is 4.11. The van der Waals surface area contributed by atoms with Crippen molar-refractivity contribution in [2.24, 2.45) is 11.8 Å². The zero-order chi connectivity index (χ0) is 17.9. The highest BCUT2D eigenvalue weighted by Crippen LogP contribution is 2.44. The number of piperidine rings is 1. The van der Waals surface area contributed by atoms with Crippen molar-refractivity contribution >= 4 is 29.0 Å². The summed E-state index contributed by atoms with van der Waals surface area (Å²) >= 11 is 5.65. The maximum Gasteiger partial charge on any atom is 0.319 e. The molecule has 2 amide bonds. The maximum atomic E-state index is 12.1. The average molecular weight is 373 g/mol. The van der Waals surface area contributed by atoms with E-state index in [0.717, 1.165) is 48.6 Å². The molecule has 26 heavy (non-hydrogen) atoms. The molecule has 3 aliphatic rings. The number of hydrogen-bond acceptors (Lipinski definition) is 2. The molecule has 3 fully saturated rings. The molecule has 4 rings (SSSR count). The van der Waals surface area contributed by atoms with Crippen LogP contribution in [0.3, 0.4) is 0 Å². The van der Waals surface area contributed by atoms with E-state index in [1.807, 2.05) is 30.3 Å². The molecule has 2 saturated carbocycles. The number of benzene rings is 1. The summed E-state index contributed by atoms with van der Waals surface area (Å²) in [7, 11) is 0. The molecule has 2 bridgehead atoms. The largest absolute Gasteiger partial charge is 0.360 e. The lowest BCUT2D eigenvalue weighted by molar-refractivity contribution is 0.235. The minimum absolute atomic E-state index is 0.127. The van der Waals surface area contributed by atoms with Gasteiger partial charge in [0.15, 0.2) is 5.11 Å². The minimum atomic E-state index is -0.127. The summed E-state index contributed by atoms with van der Waals surface area (Å²) < 4.78 is 0. The number of likely N-dealkylation sites (tertiary alicyclic amines) is 1. The number of amides is 2. The smallest absolute Gasteiger partial charge is 0.319 e. The van der Waals surface area contributed by atoms with Gasteiger partial charge in [-0.15, -0.1) is 0 Å². The number of para-hydroxylation sites is 1. The molecule has 6 heteroatoms. The van der Waals surface area contributed by atoms with Crippen LogP contribution in [0.4, 0.5) is 10.5 Å². The Morgan fingerprint density at radius 1 is 1.00 bits per heavy atom. The number of hydrogen-bond donors (Lipinski definition) is 3. The molecule has 3 atom stereocenters. The van der Waals surface area contributed by atoms with E-state index in [-0.39, 0.29) is 12.1 Å². The summed E-state index contributed by atoms with van der Waals surface area (Å²) in [6.45, 7) is 1.81. The van der Waals surface area contributed by atoms with Crippen molar-refractivity contribution in [2.75, 3.05) is 18.4 Å². The molecule has 1 aliphatic heterocycles. The van der Waals surface area contributed by atoms with E-state index in [1.165, 1.54) is 25.7 Å². The zero-order valence-corrected chi connectivity index (χ0v) is 15.9. The van der Waals surface area contributed by atoms with E-state index >= 15 is 0 Å². The van der Waals surface area contributed by atoms with Gasteiger partial charge in [0.05, 0.1) is 0 Å². The fraction of sp³-hybridized carbons (Fsp3) is 0.600. The van der Waals surface area contributed by atoms with Crippen molar-refractivity contribution in [2.45, 2.75) is 50.6 Å². The molecule has 0 spiro atoms. The summed E-state index contributed by atoms with van der Waals surface area (Å²) in [5.74, 6) is 1.76. The number of urea groups is 1. The number of fused-ring (bicyclic) bond motifs is 2. The standard InChI is InChI=1S/C20H28N4OS/c25-19(21-16-4-2-1-3-5-16)22-17-8-10-24(11-9-17)20(26)23-18-13-14-6-7-15(18)12-14/h1-5,14-15,17-18H,6-13H2,(H,23,26)(H2,21,22,25)/t14-,15-,18+/m0/s1. The third-order valence-corrected chi connectivity index (χ3v) is 6.57. The van der Waals surface area contributed by atoms with Crippen LogP contribution < -0.4 is 16.0 Å². The number of anilines is 1. The van der Waals surface area contributed by atoms with Gasteiger partial charge in [0.25, 0.3) is 0 Å². The predicted octanol–water partition coefficient (Wildman–Crippen LogP) is 3.34. The van der Waals surface area contributed by atoms with Gasteiger partial charge in [-0.3, -0.25) is 0 Å². The molecule has 1 saturated heterocycles. The van der Waals surface area contributed by atoms with Crippen molar-refractivity contribution < 1.29 is 4.79 Å². The monoisotopic (exact) mass is 372 g/mol. The molecule has 0 aromatic heterocycles. The Kier molecular flexibility index (Phi) is 5.29. The van der Waals surface area contributed by atoms with Crippen LogP contribution in [0.15, 0.2) is 30.3 Å². The Balaban J connectivity index is 1.19. The lowest BCUT2D eigenvalue weighted by atomic mass is 9.95. The SMILES string of the molecule is O=C(Nc1ccccc1)NC1CCN(C(=S)N[C@@H]2C[C@H]3CC[C@H]2C3)CC1. The summed E-state index contributed by atoms with van der Waals surface area (Å²) in [5, 5.41) is 10.5. The van der Waals surface area contributed by atoms with Crippen molar-refractivity contribution in [3.8, 4) is 0 Å². The van der Waals surface area contributed by atoms with Crippen LogP contribution in [-0.4, -0.2) is 41.2 Å². The normalized spacial score (nSPS) is 28.0. The van der Waals surface area contributed by atoms with E-state index < -0.39 is 0 Å². The van der Waals surface area contributed by atoms with Gasteiger partial charge in [-0.25, -0.2) is 4.79 Å². The second-order valence-electron chi connectivity index (χ2n) is 7.96. The fourth-order valence-corrected chi connectivity index (χ4v) is 5.11. The quantitative estimate of drug-likeness (QED) is 0.713. The topological polar surface area (TPSA) is 56.4 Å². The number of carbonyl (C=O) groups excluding carboxylic acids is 1. The lowest BCUT2D eigenvalue weighted by Gasteiger charge is -2.36. The van der Waals surface area contributed by atoms with E-state index in [4.69, 9.17) is 12.2 Å². The van der Waals surface area contributed by atoms with Crippen molar-refractivity contribution in [1.82, 2.24) is 15.5 Å². The average Bonchev–Trinajstić information content (AvgIpc) is 3.26. The predicted molar refractivity (Wildman–Crippen MR) is 108 cm³/mol. The highest BCUT2D eigenvalue weighted by atomic mass is 32.1. The van der Waals surface area contributed by atoms with Gasteiger partial charge in [-0.2, -0.15) is 0 Å². The molecule has 1 aromatic carbocycles. The van der Waals surface area contributed by atoms with Crippen LogP contribution in [0.25, 0.3) is 0 Å². The Morgan fingerprint density at radius 2 is 1.77 bits per heavy atom. The molecule has 1 aromatic rings. The number of rotatable bonds is 3. The molecular formula is C20H28N4OS. The van der Waals surface area contributed by atoms with E-state index in [9.17, 15) is 4.79 Å². The summed E-state index contributed by atoms with van der Waals surface area (Å²) in [6, 6.07) is 10.2. The van der Waals surface area contributed by atoms with Crippen LogP contribution in [-0.2, 0) is 0 Å². The van der Waals surface area contributed by atoms with Gasteiger partial charge in [-0.1, -0.05) is 24.6 Å².